The van der Waals surface area contributed by atoms with Gasteiger partial charge in [-0.2, -0.15) is 0 Å². The Labute approximate surface area is 125 Å². The Balaban J connectivity index is 2.56. The number of hydrogen-bond donors (Lipinski definition) is 1. The summed E-state index contributed by atoms with van der Waals surface area (Å²) in [6.45, 7) is 6.26. The van der Waals surface area contributed by atoms with Crippen molar-refractivity contribution in [3.05, 3.63) is 39.8 Å². The average molecular weight is 288 g/mol. The number of methoxy groups -OCH3 is 1. The number of aromatic nitrogens is 2. The van der Waals surface area contributed by atoms with Crippen LogP contribution in [0.15, 0.2) is 18.2 Å². The third-order valence-electron chi connectivity index (χ3n) is 3.31. The fourth-order valence-corrected chi connectivity index (χ4v) is 2.54. The molecule has 20 heavy (non-hydrogen) atoms. The van der Waals surface area contributed by atoms with Crippen molar-refractivity contribution in [1.82, 2.24) is 9.97 Å². The first-order valence-electron chi connectivity index (χ1n) is 6.81. The van der Waals surface area contributed by atoms with Crippen LogP contribution in [-0.4, -0.2) is 17.1 Å². The van der Waals surface area contributed by atoms with Gasteiger partial charge in [0.2, 0.25) is 0 Å². The van der Waals surface area contributed by atoms with E-state index in [-0.39, 0.29) is 0 Å². The van der Waals surface area contributed by atoms with E-state index in [0.717, 1.165) is 46.8 Å². The van der Waals surface area contributed by atoms with E-state index >= 15 is 0 Å². The molecule has 0 aliphatic heterocycles. The molecule has 0 saturated carbocycles. The third kappa shape index (κ3) is 3.07. The molecular weight excluding hydrogens is 268 g/mol. The second-order valence-electron chi connectivity index (χ2n) is 4.97. The molecule has 0 fully saturated rings. The maximum Gasteiger partial charge on any atom is 0.130 e. The second kappa shape index (κ2) is 6.18. The number of nitrogens with zero attached hydrogens (tertiary/aromatic N) is 1. The van der Waals surface area contributed by atoms with E-state index in [9.17, 15) is 0 Å². The van der Waals surface area contributed by atoms with Gasteiger partial charge >= 0.3 is 0 Å². The molecule has 0 bridgehead atoms. The van der Waals surface area contributed by atoms with Crippen molar-refractivity contribution >= 4 is 12.2 Å². The molecule has 0 radical (unpaired) electrons. The zero-order chi connectivity index (χ0) is 14.7. The summed E-state index contributed by atoms with van der Waals surface area (Å²) in [5, 5.41) is 0. The number of rotatable bonds is 4. The first kappa shape index (κ1) is 14.7. The maximum atomic E-state index is 5.36. The van der Waals surface area contributed by atoms with Crippen LogP contribution in [0, 0.1) is 18.5 Å². The Morgan fingerprint density at radius 3 is 2.60 bits per heavy atom. The summed E-state index contributed by atoms with van der Waals surface area (Å²) in [5.41, 5.74) is 4.44. The van der Waals surface area contributed by atoms with E-state index in [4.69, 9.17) is 17.0 Å². The second-order valence-corrected chi connectivity index (χ2v) is 5.38. The molecule has 2 rings (SSSR count). The number of hydrogen-bond acceptors (Lipinski definition) is 3. The summed E-state index contributed by atoms with van der Waals surface area (Å²) in [5.74, 6) is 1.86. The fourth-order valence-electron chi connectivity index (χ4n) is 2.31. The zero-order valence-corrected chi connectivity index (χ0v) is 13.2. The molecule has 0 spiro atoms. The summed E-state index contributed by atoms with van der Waals surface area (Å²) >= 11 is 5.27. The molecule has 0 amide bonds. The summed E-state index contributed by atoms with van der Waals surface area (Å²) in [4.78, 5) is 7.76. The first-order chi connectivity index (χ1) is 9.55. The number of nitrogens with one attached hydrogen (secondary N) is 1. The first-order valence-corrected chi connectivity index (χ1v) is 7.21. The van der Waals surface area contributed by atoms with Gasteiger partial charge < -0.3 is 9.72 Å². The normalized spacial score (nSPS) is 10.6. The number of ether oxygens (including phenoxy) is 1. The molecule has 1 aromatic carbocycles. The molecule has 1 aromatic heterocycles. The van der Waals surface area contributed by atoms with Crippen LogP contribution in [-0.2, 0) is 6.42 Å². The van der Waals surface area contributed by atoms with E-state index in [1.807, 2.05) is 13.0 Å². The topological polar surface area (TPSA) is 37.9 Å². The molecule has 2 aromatic rings. The summed E-state index contributed by atoms with van der Waals surface area (Å²) in [6.07, 6.45) is 1.95. The number of benzene rings is 1. The van der Waals surface area contributed by atoms with Crippen molar-refractivity contribution in [3.8, 4) is 17.0 Å². The molecule has 106 valence electrons. The van der Waals surface area contributed by atoms with Crippen molar-refractivity contribution < 1.29 is 4.74 Å². The number of aryl methyl sites for hydroxylation is 3. The zero-order valence-electron chi connectivity index (χ0n) is 12.4. The van der Waals surface area contributed by atoms with E-state index in [1.165, 1.54) is 0 Å². The van der Waals surface area contributed by atoms with Crippen LogP contribution in [0.5, 0.6) is 5.75 Å². The Morgan fingerprint density at radius 2 is 1.95 bits per heavy atom. The highest BCUT2D eigenvalue weighted by atomic mass is 32.1. The Bertz CT molecular complexity index is 677. The summed E-state index contributed by atoms with van der Waals surface area (Å²) in [7, 11) is 1.70. The van der Waals surface area contributed by atoms with E-state index in [2.05, 4.69) is 35.9 Å². The van der Waals surface area contributed by atoms with Crippen LogP contribution in [0.4, 0.5) is 0 Å². The van der Waals surface area contributed by atoms with Crippen LogP contribution in [0.2, 0.25) is 0 Å². The van der Waals surface area contributed by atoms with Gasteiger partial charge in [0.1, 0.15) is 16.2 Å². The van der Waals surface area contributed by atoms with Gasteiger partial charge in [-0.05, 0) is 49.6 Å². The predicted molar refractivity (Wildman–Crippen MR) is 84.9 cm³/mol. The van der Waals surface area contributed by atoms with Crippen LogP contribution in [0.1, 0.15) is 30.3 Å². The molecule has 1 heterocycles. The quantitative estimate of drug-likeness (QED) is 0.848. The number of aromatic amines is 1. The van der Waals surface area contributed by atoms with Gasteiger partial charge in [-0.1, -0.05) is 19.1 Å². The summed E-state index contributed by atoms with van der Waals surface area (Å²) in [6, 6.07) is 6.11. The highest BCUT2D eigenvalue weighted by Crippen LogP contribution is 2.29. The van der Waals surface area contributed by atoms with Crippen LogP contribution < -0.4 is 4.74 Å². The fraction of sp³-hybridized carbons (Fsp3) is 0.375. The molecule has 0 aliphatic rings. The standard InChI is InChI=1S/C16H20N2OS/c1-5-6-15-17-13(9-16(20)18-15)12-7-11(3)14(19-4)8-10(12)2/h7-9H,5-6H2,1-4H3,(H,17,18,20). The minimum Gasteiger partial charge on any atom is -0.496 e. The average Bonchev–Trinajstić information content (AvgIpc) is 2.40. The van der Waals surface area contributed by atoms with Crippen molar-refractivity contribution in [2.24, 2.45) is 0 Å². The highest BCUT2D eigenvalue weighted by molar-refractivity contribution is 7.71. The monoisotopic (exact) mass is 288 g/mol. The lowest BCUT2D eigenvalue weighted by atomic mass is 10.0. The largest absolute Gasteiger partial charge is 0.496 e. The molecule has 0 aliphatic carbocycles. The van der Waals surface area contributed by atoms with Crippen LogP contribution in [0.25, 0.3) is 11.3 Å². The lowest BCUT2D eigenvalue weighted by Gasteiger charge is -2.12. The van der Waals surface area contributed by atoms with E-state index in [0.29, 0.717) is 4.64 Å². The predicted octanol–water partition coefficient (Wildman–Crippen LogP) is 4.38. The van der Waals surface area contributed by atoms with Crippen LogP contribution >= 0.6 is 12.2 Å². The van der Waals surface area contributed by atoms with Crippen LogP contribution in [0.3, 0.4) is 0 Å². The number of H-pyrrole nitrogens is 1. The third-order valence-corrected chi connectivity index (χ3v) is 3.52. The van der Waals surface area contributed by atoms with Gasteiger partial charge in [0.15, 0.2) is 0 Å². The smallest absolute Gasteiger partial charge is 0.130 e. The van der Waals surface area contributed by atoms with Gasteiger partial charge in [-0.15, -0.1) is 0 Å². The van der Waals surface area contributed by atoms with Crippen molar-refractivity contribution in [2.45, 2.75) is 33.6 Å². The highest BCUT2D eigenvalue weighted by Gasteiger charge is 2.08. The lowest BCUT2D eigenvalue weighted by Crippen LogP contribution is -1.99. The van der Waals surface area contributed by atoms with Gasteiger partial charge in [0.05, 0.1) is 7.11 Å². The lowest BCUT2D eigenvalue weighted by molar-refractivity contribution is 0.411. The van der Waals surface area contributed by atoms with Crippen molar-refractivity contribution in [1.29, 1.82) is 0 Å². The molecule has 0 saturated heterocycles. The minimum atomic E-state index is 0.634. The molecule has 3 nitrogen and oxygen atoms in total. The molecule has 1 N–H and O–H groups in total. The van der Waals surface area contributed by atoms with E-state index in [1.54, 1.807) is 7.11 Å². The summed E-state index contributed by atoms with van der Waals surface area (Å²) < 4.78 is 5.99. The molecular formula is C16H20N2OS. The van der Waals surface area contributed by atoms with Gasteiger partial charge in [-0.3, -0.25) is 0 Å². The van der Waals surface area contributed by atoms with E-state index < -0.39 is 0 Å². The maximum absolute atomic E-state index is 5.36. The van der Waals surface area contributed by atoms with Gasteiger partial charge in [0.25, 0.3) is 0 Å². The molecule has 0 unspecified atom stereocenters. The Morgan fingerprint density at radius 1 is 1.20 bits per heavy atom. The minimum absolute atomic E-state index is 0.634. The van der Waals surface area contributed by atoms with Crippen molar-refractivity contribution in [3.63, 3.8) is 0 Å². The van der Waals surface area contributed by atoms with Crippen molar-refractivity contribution in [2.75, 3.05) is 7.11 Å². The molecule has 4 heteroatoms. The Kier molecular flexibility index (Phi) is 4.55. The Hall–Kier alpha value is -1.68. The molecule has 0 atom stereocenters. The van der Waals surface area contributed by atoms with Gasteiger partial charge in [0, 0.05) is 17.7 Å². The SMILES string of the molecule is CCCc1nc(=S)cc(-c2cc(C)c(OC)cc2C)[nH]1. The van der Waals surface area contributed by atoms with Gasteiger partial charge in [-0.25, -0.2) is 4.98 Å².